The summed E-state index contributed by atoms with van der Waals surface area (Å²) < 4.78 is 1.12. The Kier molecular flexibility index (Phi) is 5.39. The van der Waals surface area contributed by atoms with Crippen molar-refractivity contribution in [1.82, 2.24) is 0 Å². The van der Waals surface area contributed by atoms with Gasteiger partial charge < -0.3 is 4.90 Å². The molecule has 2 heteroatoms. The number of benzene rings is 7. The van der Waals surface area contributed by atoms with Gasteiger partial charge in [0.2, 0.25) is 0 Å². The molecule has 0 radical (unpaired) electrons. The van der Waals surface area contributed by atoms with Gasteiger partial charge in [0.15, 0.2) is 0 Å². The second-order valence-electron chi connectivity index (χ2n) is 11.5. The fraction of sp³-hybridized carbons (Fsp3) is 0.0769. The minimum absolute atomic E-state index is 0.153. The number of rotatable bonds is 3. The summed E-state index contributed by atoms with van der Waals surface area (Å²) >= 11 is 3.76. The molecule has 1 aliphatic rings. The average molecular weight is 591 g/mol. The predicted molar refractivity (Wildman–Crippen MR) is 179 cm³/mol. The van der Waals surface area contributed by atoms with E-state index in [-0.39, 0.29) is 5.41 Å². The molecule has 0 unspecified atom stereocenters. The summed E-state index contributed by atoms with van der Waals surface area (Å²) in [5.41, 5.74) is 8.84. The summed E-state index contributed by atoms with van der Waals surface area (Å²) in [4.78, 5) is 2.40. The van der Waals surface area contributed by atoms with Gasteiger partial charge in [-0.3, -0.25) is 0 Å². The first kappa shape index (κ1) is 24.4. The standard InChI is InChI=1S/C39H28BrN/c1-39(2)34-23-25(40)21-22-32(34)36-30-19-11-9-17-28(30)33-24-35(29-18-10-12-20-31(29)37(33)38(36)39)41(26-13-5-3-6-14-26)27-15-7-4-8-16-27/h3-24H,1-2H3. The van der Waals surface area contributed by atoms with Crippen LogP contribution in [0.25, 0.3) is 43.4 Å². The molecule has 0 aliphatic heterocycles. The van der Waals surface area contributed by atoms with E-state index in [9.17, 15) is 0 Å². The summed E-state index contributed by atoms with van der Waals surface area (Å²) in [6.45, 7) is 4.78. The molecule has 7 aromatic rings. The van der Waals surface area contributed by atoms with E-state index in [1.165, 1.54) is 60.3 Å². The zero-order valence-corrected chi connectivity index (χ0v) is 24.6. The quantitative estimate of drug-likeness (QED) is 0.185. The number of para-hydroxylation sites is 2. The van der Waals surface area contributed by atoms with E-state index >= 15 is 0 Å². The Balaban J connectivity index is 1.58. The van der Waals surface area contributed by atoms with Gasteiger partial charge in [-0.05, 0) is 91.6 Å². The van der Waals surface area contributed by atoms with Crippen LogP contribution in [0.15, 0.2) is 138 Å². The summed E-state index contributed by atoms with van der Waals surface area (Å²) in [5.74, 6) is 0. The minimum atomic E-state index is -0.153. The SMILES string of the molecule is CC1(C)c2cc(Br)ccc2-c2c1c1c3ccccc3c(N(c3ccccc3)c3ccccc3)cc1c1ccccc21. The van der Waals surface area contributed by atoms with Crippen LogP contribution in [-0.2, 0) is 5.41 Å². The van der Waals surface area contributed by atoms with Crippen molar-refractivity contribution in [3.8, 4) is 11.1 Å². The third kappa shape index (κ3) is 3.54. The molecule has 0 saturated carbocycles. The van der Waals surface area contributed by atoms with Gasteiger partial charge in [-0.15, -0.1) is 0 Å². The number of fused-ring (bicyclic) bond motifs is 10. The molecule has 0 atom stereocenters. The largest absolute Gasteiger partial charge is 0.310 e. The number of anilines is 3. The summed E-state index contributed by atoms with van der Waals surface area (Å²) in [5, 5.41) is 7.80. The van der Waals surface area contributed by atoms with E-state index in [1.54, 1.807) is 0 Å². The molecule has 0 amide bonds. The van der Waals surface area contributed by atoms with Crippen molar-refractivity contribution in [1.29, 1.82) is 0 Å². The lowest BCUT2D eigenvalue weighted by Crippen LogP contribution is -2.16. The van der Waals surface area contributed by atoms with E-state index in [1.807, 2.05) is 0 Å². The molecule has 8 rings (SSSR count). The van der Waals surface area contributed by atoms with Crippen molar-refractivity contribution in [2.75, 3.05) is 4.90 Å². The average Bonchev–Trinajstić information content (AvgIpc) is 3.24. The Labute approximate surface area is 248 Å². The van der Waals surface area contributed by atoms with Crippen LogP contribution in [0.5, 0.6) is 0 Å². The highest BCUT2D eigenvalue weighted by Crippen LogP contribution is 2.57. The molecule has 0 bridgehead atoms. The maximum Gasteiger partial charge on any atom is 0.0546 e. The molecule has 41 heavy (non-hydrogen) atoms. The van der Waals surface area contributed by atoms with Gasteiger partial charge in [0, 0.05) is 26.6 Å². The highest BCUT2D eigenvalue weighted by atomic mass is 79.9. The Hall–Kier alpha value is -4.40. The molecule has 196 valence electrons. The molecular formula is C39H28BrN. The summed E-state index contributed by atoms with van der Waals surface area (Å²) in [7, 11) is 0. The molecule has 0 fully saturated rings. The lowest BCUT2D eigenvalue weighted by molar-refractivity contribution is 0.666. The monoisotopic (exact) mass is 589 g/mol. The maximum absolute atomic E-state index is 3.76. The van der Waals surface area contributed by atoms with E-state index in [4.69, 9.17) is 0 Å². The molecule has 1 aliphatic carbocycles. The van der Waals surface area contributed by atoms with Gasteiger partial charge in [-0.2, -0.15) is 0 Å². The molecule has 7 aromatic carbocycles. The molecule has 1 nitrogen and oxygen atoms in total. The van der Waals surface area contributed by atoms with Gasteiger partial charge in [0.05, 0.1) is 5.69 Å². The van der Waals surface area contributed by atoms with Gasteiger partial charge in [-0.1, -0.05) is 121 Å². The van der Waals surface area contributed by atoms with Crippen LogP contribution in [-0.4, -0.2) is 0 Å². The molecule has 0 saturated heterocycles. The topological polar surface area (TPSA) is 3.24 Å². The van der Waals surface area contributed by atoms with Crippen LogP contribution in [0.4, 0.5) is 17.1 Å². The lowest BCUT2D eigenvalue weighted by Gasteiger charge is -2.29. The lowest BCUT2D eigenvalue weighted by atomic mass is 9.78. The highest BCUT2D eigenvalue weighted by molar-refractivity contribution is 9.10. The van der Waals surface area contributed by atoms with E-state index in [0.29, 0.717) is 0 Å². The van der Waals surface area contributed by atoms with Crippen LogP contribution in [0, 0.1) is 0 Å². The van der Waals surface area contributed by atoms with Crippen molar-refractivity contribution in [3.63, 3.8) is 0 Å². The second kappa shape index (κ2) is 9.06. The third-order valence-corrected chi connectivity index (χ3v) is 9.32. The van der Waals surface area contributed by atoms with Gasteiger partial charge >= 0.3 is 0 Å². The second-order valence-corrected chi connectivity index (χ2v) is 12.4. The predicted octanol–water partition coefficient (Wildman–Crippen LogP) is 11.7. The third-order valence-electron chi connectivity index (χ3n) is 8.83. The van der Waals surface area contributed by atoms with Crippen LogP contribution in [0.2, 0.25) is 0 Å². The van der Waals surface area contributed by atoms with Gasteiger partial charge in [0.1, 0.15) is 0 Å². The zero-order chi connectivity index (χ0) is 27.7. The van der Waals surface area contributed by atoms with Gasteiger partial charge in [0.25, 0.3) is 0 Å². The van der Waals surface area contributed by atoms with Crippen LogP contribution in [0.1, 0.15) is 25.0 Å². The molecule has 0 heterocycles. The maximum atomic E-state index is 3.76. The number of hydrogen-bond donors (Lipinski definition) is 0. The first-order chi connectivity index (χ1) is 20.0. The Bertz CT molecular complexity index is 2090. The van der Waals surface area contributed by atoms with Crippen molar-refractivity contribution in [3.05, 3.63) is 149 Å². The Morgan fingerprint density at radius 2 is 1.10 bits per heavy atom. The summed E-state index contributed by atoms with van der Waals surface area (Å²) in [6.07, 6.45) is 0. The van der Waals surface area contributed by atoms with Crippen LogP contribution in [0.3, 0.4) is 0 Å². The van der Waals surface area contributed by atoms with Crippen LogP contribution >= 0.6 is 15.9 Å². The van der Waals surface area contributed by atoms with Crippen molar-refractivity contribution in [2.45, 2.75) is 19.3 Å². The van der Waals surface area contributed by atoms with Crippen molar-refractivity contribution < 1.29 is 0 Å². The van der Waals surface area contributed by atoms with E-state index in [0.717, 1.165) is 15.8 Å². The Morgan fingerprint density at radius 1 is 0.537 bits per heavy atom. The van der Waals surface area contributed by atoms with Crippen molar-refractivity contribution >= 4 is 65.3 Å². The molecule has 0 spiro atoms. The first-order valence-corrected chi connectivity index (χ1v) is 14.9. The van der Waals surface area contributed by atoms with E-state index < -0.39 is 0 Å². The molecule has 0 N–H and O–H groups in total. The van der Waals surface area contributed by atoms with Gasteiger partial charge in [-0.25, -0.2) is 0 Å². The normalized spacial score (nSPS) is 13.4. The molecular weight excluding hydrogens is 562 g/mol. The van der Waals surface area contributed by atoms with Crippen molar-refractivity contribution in [2.24, 2.45) is 0 Å². The number of hydrogen-bond acceptors (Lipinski definition) is 1. The highest BCUT2D eigenvalue weighted by Gasteiger charge is 2.39. The number of nitrogens with zero attached hydrogens (tertiary/aromatic N) is 1. The zero-order valence-electron chi connectivity index (χ0n) is 23.0. The fourth-order valence-corrected chi connectivity index (χ4v) is 7.45. The number of halogens is 1. The first-order valence-electron chi connectivity index (χ1n) is 14.2. The van der Waals surface area contributed by atoms with E-state index in [2.05, 4.69) is 168 Å². The van der Waals surface area contributed by atoms with Crippen LogP contribution < -0.4 is 4.90 Å². The molecule has 0 aromatic heterocycles. The summed E-state index contributed by atoms with van der Waals surface area (Å²) in [6, 6.07) is 48.6. The minimum Gasteiger partial charge on any atom is -0.310 e. The Morgan fingerprint density at radius 3 is 1.76 bits per heavy atom. The smallest absolute Gasteiger partial charge is 0.0546 e. The fourth-order valence-electron chi connectivity index (χ4n) is 7.09.